The van der Waals surface area contributed by atoms with Gasteiger partial charge in [-0.2, -0.15) is 0 Å². The molecule has 22 heavy (non-hydrogen) atoms. The van der Waals surface area contributed by atoms with Crippen LogP contribution in [0.2, 0.25) is 0 Å². The summed E-state index contributed by atoms with van der Waals surface area (Å²) in [5.41, 5.74) is 1.36. The van der Waals surface area contributed by atoms with E-state index in [0.717, 1.165) is 5.56 Å². The summed E-state index contributed by atoms with van der Waals surface area (Å²) in [5, 5.41) is 9.41. The quantitative estimate of drug-likeness (QED) is 0.871. The van der Waals surface area contributed by atoms with E-state index in [0.29, 0.717) is 25.8 Å². The zero-order valence-corrected chi connectivity index (χ0v) is 13.2. The SMILES string of the molecule is COCC1(C(=O)O)CCN(C(=O)CCc2cccc(C)c2)C1. The first kappa shape index (κ1) is 16.5. The number of ether oxygens (including phenoxy) is 1. The number of benzene rings is 1. The van der Waals surface area contributed by atoms with Gasteiger partial charge in [0.05, 0.1) is 6.61 Å². The van der Waals surface area contributed by atoms with Crippen molar-refractivity contribution in [3.05, 3.63) is 35.4 Å². The summed E-state index contributed by atoms with van der Waals surface area (Å²) in [5.74, 6) is -0.871. The minimum Gasteiger partial charge on any atom is -0.481 e. The van der Waals surface area contributed by atoms with Crippen molar-refractivity contribution in [2.24, 2.45) is 5.41 Å². The fourth-order valence-corrected chi connectivity index (χ4v) is 2.99. The number of methoxy groups -OCH3 is 1. The van der Waals surface area contributed by atoms with Crippen LogP contribution in [0.25, 0.3) is 0 Å². The maximum atomic E-state index is 12.3. The zero-order valence-electron chi connectivity index (χ0n) is 13.2. The van der Waals surface area contributed by atoms with Gasteiger partial charge in [0.2, 0.25) is 5.91 Å². The Morgan fingerprint density at radius 1 is 1.41 bits per heavy atom. The van der Waals surface area contributed by atoms with Crippen LogP contribution in [0.1, 0.15) is 24.0 Å². The van der Waals surface area contributed by atoms with Gasteiger partial charge >= 0.3 is 5.97 Å². The lowest BCUT2D eigenvalue weighted by molar-refractivity contribution is -0.151. The Kier molecular flexibility index (Phi) is 5.19. The number of carboxylic acids is 1. The molecule has 0 aromatic heterocycles. The molecule has 1 aliphatic heterocycles. The van der Waals surface area contributed by atoms with Crippen molar-refractivity contribution in [2.75, 3.05) is 26.8 Å². The minimum atomic E-state index is -0.951. The van der Waals surface area contributed by atoms with Gasteiger partial charge in [-0.15, -0.1) is 0 Å². The molecule has 1 heterocycles. The third-order valence-corrected chi connectivity index (χ3v) is 4.29. The summed E-state index contributed by atoms with van der Waals surface area (Å²) in [7, 11) is 1.49. The number of hydrogen-bond acceptors (Lipinski definition) is 3. The molecule has 0 saturated carbocycles. The molecule has 5 heteroatoms. The summed E-state index contributed by atoms with van der Waals surface area (Å²) < 4.78 is 5.04. The van der Waals surface area contributed by atoms with E-state index in [2.05, 4.69) is 6.07 Å². The number of rotatable bonds is 6. The van der Waals surface area contributed by atoms with Crippen LogP contribution >= 0.6 is 0 Å². The van der Waals surface area contributed by atoms with E-state index in [9.17, 15) is 14.7 Å². The van der Waals surface area contributed by atoms with Gasteiger partial charge in [0.25, 0.3) is 0 Å². The molecule has 0 radical (unpaired) electrons. The van der Waals surface area contributed by atoms with Gasteiger partial charge in [-0.05, 0) is 25.3 Å². The third-order valence-electron chi connectivity index (χ3n) is 4.29. The van der Waals surface area contributed by atoms with Crippen molar-refractivity contribution >= 4 is 11.9 Å². The highest BCUT2D eigenvalue weighted by Crippen LogP contribution is 2.31. The zero-order chi connectivity index (χ0) is 16.2. The standard InChI is InChI=1S/C17H23NO4/c1-13-4-3-5-14(10-13)6-7-15(19)18-9-8-17(11-18,12-22-2)16(20)21/h3-5,10H,6-9,11-12H2,1-2H3,(H,20,21). The molecule has 120 valence electrons. The number of aliphatic carboxylic acids is 1. The van der Waals surface area contributed by atoms with E-state index in [1.807, 2.05) is 25.1 Å². The number of carbonyl (C=O) groups excluding carboxylic acids is 1. The first-order valence-corrected chi connectivity index (χ1v) is 7.52. The van der Waals surface area contributed by atoms with Crippen molar-refractivity contribution < 1.29 is 19.4 Å². The lowest BCUT2D eigenvalue weighted by Gasteiger charge is -2.23. The molecule has 5 nitrogen and oxygen atoms in total. The molecule has 2 rings (SSSR count). The molecule has 1 aromatic rings. The number of likely N-dealkylation sites (tertiary alicyclic amines) is 1. The first-order valence-electron chi connectivity index (χ1n) is 7.52. The van der Waals surface area contributed by atoms with Crippen molar-refractivity contribution in [1.82, 2.24) is 4.90 Å². The summed E-state index contributed by atoms with van der Waals surface area (Å²) in [6, 6.07) is 8.09. The van der Waals surface area contributed by atoms with Gasteiger partial charge in [0, 0.05) is 26.6 Å². The number of nitrogens with zero attached hydrogens (tertiary/aromatic N) is 1. The average molecular weight is 305 g/mol. The van der Waals surface area contributed by atoms with Crippen LogP contribution in [0, 0.1) is 12.3 Å². The van der Waals surface area contributed by atoms with E-state index >= 15 is 0 Å². The second kappa shape index (κ2) is 6.92. The van der Waals surface area contributed by atoms with E-state index < -0.39 is 11.4 Å². The number of amides is 1. The van der Waals surface area contributed by atoms with Crippen molar-refractivity contribution in [1.29, 1.82) is 0 Å². The molecule has 0 spiro atoms. The van der Waals surface area contributed by atoms with Crippen LogP contribution in [-0.2, 0) is 20.7 Å². The second-order valence-corrected chi connectivity index (χ2v) is 6.07. The van der Waals surface area contributed by atoms with Gasteiger partial charge in [0.1, 0.15) is 5.41 Å². The van der Waals surface area contributed by atoms with Gasteiger partial charge < -0.3 is 14.7 Å². The molecular weight excluding hydrogens is 282 g/mol. The number of hydrogen-bond donors (Lipinski definition) is 1. The highest BCUT2D eigenvalue weighted by Gasteiger charge is 2.46. The largest absolute Gasteiger partial charge is 0.481 e. The Labute approximate surface area is 130 Å². The predicted octanol–water partition coefficient (Wildman–Crippen LogP) is 1.88. The van der Waals surface area contributed by atoms with Crippen LogP contribution in [0.15, 0.2) is 24.3 Å². The molecular formula is C17H23NO4. The fraction of sp³-hybridized carbons (Fsp3) is 0.529. The molecule has 0 aliphatic carbocycles. The summed E-state index contributed by atoms with van der Waals surface area (Å²) in [4.78, 5) is 25.4. The lowest BCUT2D eigenvalue weighted by Crippen LogP contribution is -2.40. The Morgan fingerprint density at radius 2 is 2.18 bits per heavy atom. The molecule has 1 aromatic carbocycles. The van der Waals surface area contributed by atoms with Crippen LogP contribution in [-0.4, -0.2) is 48.7 Å². The maximum absolute atomic E-state index is 12.3. The smallest absolute Gasteiger partial charge is 0.313 e. The average Bonchev–Trinajstić information content (AvgIpc) is 2.91. The Bertz CT molecular complexity index is 557. The molecule has 1 fully saturated rings. The molecule has 0 bridgehead atoms. The monoisotopic (exact) mass is 305 g/mol. The van der Waals surface area contributed by atoms with E-state index in [1.165, 1.54) is 12.7 Å². The number of carbonyl (C=O) groups is 2. The fourth-order valence-electron chi connectivity index (χ4n) is 2.99. The minimum absolute atomic E-state index is 0.0146. The topological polar surface area (TPSA) is 66.8 Å². The van der Waals surface area contributed by atoms with Crippen LogP contribution in [0.5, 0.6) is 0 Å². The van der Waals surface area contributed by atoms with E-state index in [-0.39, 0.29) is 19.1 Å². The van der Waals surface area contributed by atoms with Gasteiger partial charge in [0.15, 0.2) is 0 Å². The molecule has 1 atom stereocenters. The Balaban J connectivity index is 1.92. The van der Waals surface area contributed by atoms with Crippen LogP contribution < -0.4 is 0 Å². The summed E-state index contributed by atoms with van der Waals surface area (Å²) >= 11 is 0. The Hall–Kier alpha value is -1.88. The predicted molar refractivity (Wildman–Crippen MR) is 82.6 cm³/mol. The number of carboxylic acid groups (broad SMARTS) is 1. The first-order chi connectivity index (χ1) is 10.5. The summed E-state index contributed by atoms with van der Waals surface area (Å²) in [6.45, 7) is 2.90. The van der Waals surface area contributed by atoms with Gasteiger partial charge in [-0.3, -0.25) is 9.59 Å². The van der Waals surface area contributed by atoms with Gasteiger partial charge in [-0.1, -0.05) is 29.8 Å². The molecule has 1 unspecified atom stereocenters. The normalized spacial score (nSPS) is 21.1. The number of aryl methyl sites for hydroxylation is 2. The van der Waals surface area contributed by atoms with Crippen LogP contribution in [0.4, 0.5) is 0 Å². The molecule has 1 amide bonds. The Morgan fingerprint density at radius 3 is 2.82 bits per heavy atom. The van der Waals surface area contributed by atoms with E-state index in [4.69, 9.17) is 4.74 Å². The second-order valence-electron chi connectivity index (χ2n) is 6.07. The van der Waals surface area contributed by atoms with Gasteiger partial charge in [-0.25, -0.2) is 0 Å². The third kappa shape index (κ3) is 3.65. The maximum Gasteiger partial charge on any atom is 0.313 e. The van der Waals surface area contributed by atoms with Crippen molar-refractivity contribution in [3.63, 3.8) is 0 Å². The van der Waals surface area contributed by atoms with Crippen LogP contribution in [0.3, 0.4) is 0 Å². The molecule has 1 saturated heterocycles. The van der Waals surface area contributed by atoms with Crippen molar-refractivity contribution in [2.45, 2.75) is 26.2 Å². The van der Waals surface area contributed by atoms with Crippen molar-refractivity contribution in [3.8, 4) is 0 Å². The highest BCUT2D eigenvalue weighted by molar-refractivity contribution is 5.81. The molecule has 1 aliphatic rings. The molecule has 1 N–H and O–H groups in total. The highest BCUT2D eigenvalue weighted by atomic mass is 16.5. The van der Waals surface area contributed by atoms with E-state index in [1.54, 1.807) is 4.90 Å². The summed E-state index contributed by atoms with van der Waals surface area (Å²) in [6.07, 6.45) is 1.54. The lowest BCUT2D eigenvalue weighted by atomic mass is 9.88.